The molecule has 0 amide bonds. The van der Waals surface area contributed by atoms with Crippen LogP contribution in [-0.4, -0.2) is 16.7 Å². The summed E-state index contributed by atoms with van der Waals surface area (Å²) in [7, 11) is 0. The Hall–Kier alpha value is -1.38. The zero-order valence-electron chi connectivity index (χ0n) is 14.7. The highest BCUT2D eigenvalue weighted by Gasteiger charge is 2.53. The van der Waals surface area contributed by atoms with E-state index in [4.69, 9.17) is 0 Å². The first-order valence-electron chi connectivity index (χ1n) is 9.08. The number of Topliss-reactive ketones (excluding diaryl/α,β-unsaturated/α-hetero) is 2. The van der Waals surface area contributed by atoms with Crippen LogP contribution in [0, 0.1) is 23.2 Å². The molecule has 1 fully saturated rings. The maximum Gasteiger partial charge on any atom is 0.232 e. The van der Waals surface area contributed by atoms with Crippen LogP contribution in [0.15, 0.2) is 22.5 Å². The van der Waals surface area contributed by atoms with Gasteiger partial charge in [0.25, 0.3) is 0 Å². The third-order valence-electron chi connectivity index (χ3n) is 6.83. The molecule has 1 saturated carbocycles. The number of hydrogen-bond donors (Lipinski definition) is 1. The molecule has 3 rings (SSSR count). The Morgan fingerprint density at radius 1 is 1.17 bits per heavy atom. The quantitative estimate of drug-likeness (QED) is 0.601. The lowest BCUT2D eigenvalue weighted by Crippen LogP contribution is -2.48. The Morgan fingerprint density at radius 3 is 2.52 bits per heavy atom. The lowest BCUT2D eigenvalue weighted by atomic mass is 9.51. The van der Waals surface area contributed by atoms with Crippen molar-refractivity contribution < 1.29 is 14.7 Å². The number of carbonyl (C=O) groups is 2. The molecule has 3 aliphatic rings. The van der Waals surface area contributed by atoms with Crippen molar-refractivity contribution in [1.82, 2.24) is 0 Å². The normalized spacial score (nSPS) is 37.8. The minimum Gasteiger partial charge on any atom is -0.507 e. The van der Waals surface area contributed by atoms with Gasteiger partial charge in [-0.1, -0.05) is 34.1 Å². The van der Waals surface area contributed by atoms with Gasteiger partial charge in [-0.15, -0.1) is 0 Å². The molecule has 0 heterocycles. The Bertz CT molecular complexity index is 625. The van der Waals surface area contributed by atoms with Crippen LogP contribution in [0.4, 0.5) is 0 Å². The summed E-state index contributed by atoms with van der Waals surface area (Å²) in [6.07, 6.45) is 5.00. The van der Waals surface area contributed by atoms with E-state index in [0.29, 0.717) is 35.3 Å². The molecule has 0 radical (unpaired) electrons. The minimum absolute atomic E-state index is 0.123. The van der Waals surface area contributed by atoms with Crippen molar-refractivity contribution in [2.75, 3.05) is 0 Å². The van der Waals surface area contributed by atoms with Crippen molar-refractivity contribution in [3.63, 3.8) is 0 Å². The van der Waals surface area contributed by atoms with Crippen LogP contribution >= 0.6 is 0 Å². The zero-order chi connectivity index (χ0) is 16.9. The molecule has 4 unspecified atom stereocenters. The number of fused-ring (bicyclic) bond motifs is 2. The van der Waals surface area contributed by atoms with E-state index in [1.807, 2.05) is 6.92 Å². The predicted molar refractivity (Wildman–Crippen MR) is 90.0 cm³/mol. The van der Waals surface area contributed by atoms with Crippen LogP contribution in [0.25, 0.3) is 0 Å². The molecule has 0 aromatic rings. The van der Waals surface area contributed by atoms with Crippen LogP contribution in [0.5, 0.6) is 0 Å². The van der Waals surface area contributed by atoms with Crippen molar-refractivity contribution in [3.8, 4) is 0 Å². The van der Waals surface area contributed by atoms with Gasteiger partial charge in [0.05, 0.1) is 0 Å². The third kappa shape index (κ3) is 2.23. The lowest BCUT2D eigenvalue weighted by molar-refractivity contribution is -0.134. The number of rotatable bonds is 2. The van der Waals surface area contributed by atoms with Gasteiger partial charge in [-0.3, -0.25) is 9.59 Å². The Labute approximate surface area is 138 Å². The number of carbonyl (C=O) groups excluding carboxylic acids is 2. The summed E-state index contributed by atoms with van der Waals surface area (Å²) in [6.45, 7) is 8.69. The summed E-state index contributed by atoms with van der Waals surface area (Å²) in [5.74, 6) is 0.962. The van der Waals surface area contributed by atoms with Crippen LogP contribution in [-0.2, 0) is 9.59 Å². The van der Waals surface area contributed by atoms with Crippen molar-refractivity contribution in [2.45, 2.75) is 66.2 Å². The van der Waals surface area contributed by atoms with E-state index in [1.54, 1.807) is 0 Å². The summed E-state index contributed by atoms with van der Waals surface area (Å²) in [4.78, 5) is 25.4. The summed E-state index contributed by atoms with van der Waals surface area (Å²) in [6, 6.07) is 0. The van der Waals surface area contributed by atoms with E-state index >= 15 is 0 Å². The SMILES string of the molecule is CCCC1=C(O)C2=C(C(=O)C1=O)C1(C)CCC(C)C(C)C1CC2. The summed E-state index contributed by atoms with van der Waals surface area (Å²) >= 11 is 0. The molecule has 3 aliphatic carbocycles. The van der Waals surface area contributed by atoms with E-state index in [9.17, 15) is 14.7 Å². The summed E-state index contributed by atoms with van der Waals surface area (Å²) < 4.78 is 0. The van der Waals surface area contributed by atoms with Crippen LogP contribution < -0.4 is 0 Å². The van der Waals surface area contributed by atoms with Crippen molar-refractivity contribution in [3.05, 3.63) is 22.5 Å². The van der Waals surface area contributed by atoms with E-state index in [0.717, 1.165) is 37.7 Å². The molecule has 3 heteroatoms. The van der Waals surface area contributed by atoms with Gasteiger partial charge in [-0.25, -0.2) is 0 Å². The zero-order valence-corrected chi connectivity index (χ0v) is 14.7. The first kappa shape index (κ1) is 16.5. The predicted octanol–water partition coefficient (Wildman–Crippen LogP) is 4.53. The monoisotopic (exact) mass is 316 g/mol. The fourth-order valence-electron chi connectivity index (χ4n) is 5.27. The molecule has 23 heavy (non-hydrogen) atoms. The number of hydrogen-bond acceptors (Lipinski definition) is 3. The van der Waals surface area contributed by atoms with Gasteiger partial charge >= 0.3 is 0 Å². The maximum atomic E-state index is 12.9. The molecule has 0 aromatic carbocycles. The van der Waals surface area contributed by atoms with Gasteiger partial charge < -0.3 is 5.11 Å². The van der Waals surface area contributed by atoms with E-state index in [-0.39, 0.29) is 17.0 Å². The first-order chi connectivity index (χ1) is 10.8. The topological polar surface area (TPSA) is 54.4 Å². The van der Waals surface area contributed by atoms with Crippen LogP contribution in [0.1, 0.15) is 66.2 Å². The molecule has 3 nitrogen and oxygen atoms in total. The van der Waals surface area contributed by atoms with Gasteiger partial charge in [0.2, 0.25) is 11.6 Å². The molecule has 1 N–H and O–H groups in total. The number of aliphatic hydroxyl groups excluding tert-OH is 1. The maximum absolute atomic E-state index is 12.9. The van der Waals surface area contributed by atoms with Crippen molar-refractivity contribution in [2.24, 2.45) is 23.2 Å². The highest BCUT2D eigenvalue weighted by atomic mass is 16.3. The van der Waals surface area contributed by atoms with Gasteiger partial charge in [0.1, 0.15) is 5.76 Å². The molecule has 0 bridgehead atoms. The summed E-state index contributed by atoms with van der Waals surface area (Å²) in [5, 5.41) is 10.7. The largest absolute Gasteiger partial charge is 0.507 e. The number of aliphatic hydroxyl groups is 1. The second kappa shape index (κ2) is 5.61. The van der Waals surface area contributed by atoms with Crippen molar-refractivity contribution >= 4 is 11.6 Å². The molecule has 0 aliphatic heterocycles. The van der Waals surface area contributed by atoms with Crippen molar-refractivity contribution in [1.29, 1.82) is 0 Å². The molecule has 0 spiro atoms. The van der Waals surface area contributed by atoms with Crippen LogP contribution in [0.3, 0.4) is 0 Å². The van der Waals surface area contributed by atoms with Crippen LogP contribution in [0.2, 0.25) is 0 Å². The van der Waals surface area contributed by atoms with E-state index < -0.39 is 5.78 Å². The highest BCUT2D eigenvalue weighted by molar-refractivity contribution is 6.50. The van der Waals surface area contributed by atoms with Gasteiger partial charge in [0.15, 0.2) is 0 Å². The number of ketones is 2. The molecular formula is C20H28O3. The minimum atomic E-state index is -0.462. The molecule has 0 saturated heterocycles. The van der Waals surface area contributed by atoms with Gasteiger partial charge in [-0.2, -0.15) is 0 Å². The summed E-state index contributed by atoms with van der Waals surface area (Å²) in [5.41, 5.74) is 1.52. The number of allylic oxidation sites excluding steroid dienone is 3. The Kier molecular flexibility index (Phi) is 4.02. The fourth-order valence-corrected chi connectivity index (χ4v) is 5.27. The second-order valence-electron chi connectivity index (χ2n) is 8.03. The molecular weight excluding hydrogens is 288 g/mol. The van der Waals surface area contributed by atoms with E-state index in [2.05, 4.69) is 20.8 Å². The Balaban J connectivity index is 2.13. The average molecular weight is 316 g/mol. The first-order valence-corrected chi connectivity index (χ1v) is 9.08. The molecule has 4 atom stereocenters. The van der Waals surface area contributed by atoms with Gasteiger partial charge in [0, 0.05) is 22.1 Å². The molecule has 126 valence electrons. The smallest absolute Gasteiger partial charge is 0.232 e. The standard InChI is InChI=1S/C20H28O3/c1-5-6-14-17(21)13-7-8-15-12(3)11(2)9-10-20(15,4)16(13)19(23)18(14)22/h11-12,15,21H,5-10H2,1-4H3. The molecule has 0 aromatic heterocycles. The fraction of sp³-hybridized carbons (Fsp3) is 0.700. The Morgan fingerprint density at radius 2 is 1.87 bits per heavy atom. The average Bonchev–Trinajstić information content (AvgIpc) is 2.52. The second-order valence-corrected chi connectivity index (χ2v) is 8.03. The van der Waals surface area contributed by atoms with E-state index in [1.165, 1.54) is 0 Å². The lowest BCUT2D eigenvalue weighted by Gasteiger charge is -2.52. The highest BCUT2D eigenvalue weighted by Crippen LogP contribution is 2.58. The van der Waals surface area contributed by atoms with Gasteiger partial charge in [-0.05, 0) is 49.9 Å². The third-order valence-corrected chi connectivity index (χ3v) is 6.83.